The van der Waals surface area contributed by atoms with Crippen molar-refractivity contribution in [3.63, 3.8) is 0 Å². The number of rotatable bonds is 5. The topological polar surface area (TPSA) is 59.2 Å². The predicted molar refractivity (Wildman–Crippen MR) is 89.1 cm³/mol. The summed E-state index contributed by atoms with van der Waals surface area (Å²) >= 11 is 0. The van der Waals surface area contributed by atoms with Gasteiger partial charge in [0.1, 0.15) is 0 Å². The summed E-state index contributed by atoms with van der Waals surface area (Å²) in [5.41, 5.74) is 5.23. The number of likely N-dealkylation sites (N-methyl/N-ethyl adjacent to an activating group) is 1. The van der Waals surface area contributed by atoms with Gasteiger partial charge in [-0.3, -0.25) is 14.9 Å². The third kappa shape index (κ3) is 3.37. The van der Waals surface area contributed by atoms with Crippen LogP contribution < -0.4 is 0 Å². The van der Waals surface area contributed by atoms with Crippen LogP contribution in [0.5, 0.6) is 0 Å². The highest BCUT2D eigenvalue weighted by molar-refractivity contribution is 5.47. The molecule has 0 N–H and O–H groups in total. The standard InChI is InChI=1S/C17H22N6/c1-12-7-14(3)23-17(21-12)15(9-20-23)11-22(4)13(2)8-16-10-18-5-6-19-16/h5-7,9-10,13H,8,11H2,1-4H3/t13-/m0/s1. The molecule has 3 aromatic rings. The van der Waals surface area contributed by atoms with Gasteiger partial charge in [-0.1, -0.05) is 0 Å². The lowest BCUT2D eigenvalue weighted by Crippen LogP contribution is -2.30. The Labute approximate surface area is 136 Å². The Morgan fingerprint density at radius 3 is 2.78 bits per heavy atom. The van der Waals surface area contributed by atoms with Gasteiger partial charge in [0.15, 0.2) is 5.65 Å². The van der Waals surface area contributed by atoms with Crippen LogP contribution in [0.2, 0.25) is 0 Å². The highest BCUT2D eigenvalue weighted by atomic mass is 15.3. The van der Waals surface area contributed by atoms with Crippen LogP contribution in [0.25, 0.3) is 5.65 Å². The first-order valence-corrected chi connectivity index (χ1v) is 7.80. The minimum atomic E-state index is 0.354. The summed E-state index contributed by atoms with van der Waals surface area (Å²) in [5, 5.41) is 4.46. The molecule has 0 unspecified atom stereocenters. The first-order chi connectivity index (χ1) is 11.0. The van der Waals surface area contributed by atoms with Crippen LogP contribution >= 0.6 is 0 Å². The van der Waals surface area contributed by atoms with E-state index in [9.17, 15) is 0 Å². The van der Waals surface area contributed by atoms with Crippen LogP contribution in [0.3, 0.4) is 0 Å². The Bertz CT molecular complexity index is 795. The van der Waals surface area contributed by atoms with Crippen molar-refractivity contribution in [2.75, 3.05) is 7.05 Å². The smallest absolute Gasteiger partial charge is 0.159 e. The van der Waals surface area contributed by atoms with Crippen LogP contribution in [0.15, 0.2) is 30.9 Å². The van der Waals surface area contributed by atoms with Crippen LogP contribution in [0.1, 0.15) is 29.6 Å². The predicted octanol–water partition coefficient (Wildman–Crippen LogP) is 2.20. The van der Waals surface area contributed by atoms with Gasteiger partial charge in [0, 0.05) is 54.5 Å². The Hall–Kier alpha value is -2.34. The molecule has 23 heavy (non-hydrogen) atoms. The number of aromatic nitrogens is 5. The molecule has 0 spiro atoms. The molecule has 0 saturated carbocycles. The minimum Gasteiger partial charge on any atom is -0.299 e. The second kappa shape index (κ2) is 6.42. The molecule has 3 rings (SSSR count). The monoisotopic (exact) mass is 310 g/mol. The van der Waals surface area contributed by atoms with E-state index in [2.05, 4.69) is 45.8 Å². The van der Waals surface area contributed by atoms with Crippen molar-refractivity contribution in [2.24, 2.45) is 0 Å². The van der Waals surface area contributed by atoms with E-state index in [0.717, 1.165) is 41.3 Å². The Balaban J connectivity index is 1.76. The molecule has 6 nitrogen and oxygen atoms in total. The average Bonchev–Trinajstić information content (AvgIpc) is 2.91. The van der Waals surface area contributed by atoms with E-state index in [1.54, 1.807) is 12.4 Å². The van der Waals surface area contributed by atoms with Crippen LogP contribution in [-0.2, 0) is 13.0 Å². The third-order valence-electron chi connectivity index (χ3n) is 4.14. The molecule has 120 valence electrons. The second-order valence-electron chi connectivity index (χ2n) is 6.11. The molecule has 3 heterocycles. The van der Waals surface area contributed by atoms with Gasteiger partial charge in [-0.15, -0.1) is 0 Å². The fourth-order valence-corrected chi connectivity index (χ4v) is 2.75. The van der Waals surface area contributed by atoms with Gasteiger partial charge in [-0.05, 0) is 33.9 Å². The normalized spacial score (nSPS) is 12.9. The Morgan fingerprint density at radius 1 is 1.22 bits per heavy atom. The van der Waals surface area contributed by atoms with Gasteiger partial charge in [0.05, 0.1) is 11.9 Å². The maximum absolute atomic E-state index is 4.64. The molecule has 0 aromatic carbocycles. The molecule has 0 aliphatic carbocycles. The summed E-state index contributed by atoms with van der Waals surface area (Å²) in [5.74, 6) is 0. The van der Waals surface area contributed by atoms with E-state index >= 15 is 0 Å². The zero-order valence-electron chi connectivity index (χ0n) is 14.1. The third-order valence-corrected chi connectivity index (χ3v) is 4.14. The maximum atomic E-state index is 4.64. The molecule has 3 aromatic heterocycles. The van der Waals surface area contributed by atoms with E-state index in [0.29, 0.717) is 6.04 Å². The lowest BCUT2D eigenvalue weighted by Gasteiger charge is -2.23. The van der Waals surface area contributed by atoms with Crippen LogP contribution in [-0.4, -0.2) is 42.6 Å². The summed E-state index contributed by atoms with van der Waals surface area (Å²) in [6.07, 6.45) is 8.05. The lowest BCUT2D eigenvalue weighted by molar-refractivity contribution is 0.247. The number of fused-ring (bicyclic) bond motifs is 1. The van der Waals surface area contributed by atoms with E-state index in [1.807, 2.05) is 29.9 Å². The van der Waals surface area contributed by atoms with Gasteiger partial charge in [-0.25, -0.2) is 9.50 Å². The Kier molecular flexibility index (Phi) is 4.34. The molecule has 0 aliphatic heterocycles. The molecule has 0 fully saturated rings. The fraction of sp³-hybridized carbons (Fsp3) is 0.412. The average molecular weight is 310 g/mol. The number of hydrogen-bond acceptors (Lipinski definition) is 5. The molecule has 0 radical (unpaired) electrons. The van der Waals surface area contributed by atoms with Crippen molar-refractivity contribution in [3.05, 3.63) is 53.5 Å². The number of nitrogens with zero attached hydrogens (tertiary/aromatic N) is 6. The summed E-state index contributed by atoms with van der Waals surface area (Å²) in [6.45, 7) is 7.08. The number of hydrogen-bond donors (Lipinski definition) is 0. The summed E-state index contributed by atoms with van der Waals surface area (Å²) in [4.78, 5) is 15.4. The summed E-state index contributed by atoms with van der Waals surface area (Å²) < 4.78 is 1.91. The van der Waals surface area contributed by atoms with Gasteiger partial charge in [0.2, 0.25) is 0 Å². The Morgan fingerprint density at radius 2 is 2.04 bits per heavy atom. The van der Waals surface area contributed by atoms with Crippen molar-refractivity contribution in [2.45, 2.75) is 39.8 Å². The molecular weight excluding hydrogens is 288 g/mol. The van der Waals surface area contributed by atoms with Crippen LogP contribution in [0.4, 0.5) is 0 Å². The van der Waals surface area contributed by atoms with Gasteiger partial charge in [-0.2, -0.15) is 5.10 Å². The van der Waals surface area contributed by atoms with E-state index in [-0.39, 0.29) is 0 Å². The van der Waals surface area contributed by atoms with Crippen molar-refractivity contribution >= 4 is 5.65 Å². The van der Waals surface area contributed by atoms with Crippen LogP contribution in [0, 0.1) is 13.8 Å². The first-order valence-electron chi connectivity index (χ1n) is 7.80. The zero-order chi connectivity index (χ0) is 16.4. The second-order valence-corrected chi connectivity index (χ2v) is 6.11. The molecule has 1 atom stereocenters. The molecular formula is C17H22N6. The minimum absolute atomic E-state index is 0.354. The number of aryl methyl sites for hydroxylation is 2. The molecule has 0 saturated heterocycles. The molecule has 0 aliphatic rings. The molecule has 0 bridgehead atoms. The van der Waals surface area contributed by atoms with E-state index < -0.39 is 0 Å². The maximum Gasteiger partial charge on any atom is 0.159 e. The first kappa shape index (κ1) is 15.6. The van der Waals surface area contributed by atoms with Gasteiger partial charge >= 0.3 is 0 Å². The highest BCUT2D eigenvalue weighted by Crippen LogP contribution is 2.15. The van der Waals surface area contributed by atoms with E-state index in [1.165, 1.54) is 0 Å². The van der Waals surface area contributed by atoms with Crippen molar-refractivity contribution in [3.8, 4) is 0 Å². The van der Waals surface area contributed by atoms with Gasteiger partial charge < -0.3 is 0 Å². The van der Waals surface area contributed by atoms with Gasteiger partial charge in [0.25, 0.3) is 0 Å². The molecule has 6 heteroatoms. The zero-order valence-corrected chi connectivity index (χ0v) is 14.1. The SMILES string of the molecule is Cc1cc(C)n2ncc(CN(C)[C@@H](C)Cc3cnccn3)c2n1. The summed E-state index contributed by atoms with van der Waals surface area (Å²) in [6, 6.07) is 2.40. The van der Waals surface area contributed by atoms with Crippen molar-refractivity contribution < 1.29 is 0 Å². The summed E-state index contributed by atoms with van der Waals surface area (Å²) in [7, 11) is 2.12. The largest absolute Gasteiger partial charge is 0.299 e. The van der Waals surface area contributed by atoms with E-state index in [4.69, 9.17) is 0 Å². The van der Waals surface area contributed by atoms with Crippen molar-refractivity contribution in [1.82, 2.24) is 29.5 Å². The fourth-order valence-electron chi connectivity index (χ4n) is 2.75. The van der Waals surface area contributed by atoms with Crippen molar-refractivity contribution in [1.29, 1.82) is 0 Å². The lowest BCUT2D eigenvalue weighted by atomic mass is 10.1. The quantitative estimate of drug-likeness (QED) is 0.723. The highest BCUT2D eigenvalue weighted by Gasteiger charge is 2.15. The molecule has 0 amide bonds.